The van der Waals surface area contributed by atoms with Gasteiger partial charge in [0.15, 0.2) is 11.4 Å². The average molecular weight is 427 g/mol. The number of nitrogens with zero attached hydrogens (tertiary/aromatic N) is 1. The molecule has 0 unspecified atom stereocenters. The normalized spacial score (nSPS) is 10.8. The van der Waals surface area contributed by atoms with E-state index in [-0.39, 0.29) is 18.0 Å². The van der Waals surface area contributed by atoms with Gasteiger partial charge in [0, 0.05) is 11.1 Å². The predicted octanol–water partition coefficient (Wildman–Crippen LogP) is 5.21. The minimum Gasteiger partial charge on any atom is -0.489 e. The number of carbonyl (C=O) groups excluding carboxylic acids is 1. The Kier molecular flexibility index (Phi) is 6.28. The van der Waals surface area contributed by atoms with Gasteiger partial charge >= 0.3 is 6.61 Å². The van der Waals surface area contributed by atoms with E-state index >= 15 is 0 Å². The van der Waals surface area contributed by atoms with Crippen LogP contribution in [0.2, 0.25) is 5.02 Å². The lowest BCUT2D eigenvalue weighted by atomic mass is 10.2. The summed E-state index contributed by atoms with van der Waals surface area (Å²) < 4.78 is 53.3. The van der Waals surface area contributed by atoms with E-state index in [0.717, 1.165) is 18.2 Å². The summed E-state index contributed by atoms with van der Waals surface area (Å²) in [6.45, 7) is -1.64. The molecule has 1 heterocycles. The zero-order chi connectivity index (χ0) is 21.0. The zero-order valence-electron chi connectivity index (χ0n) is 14.9. The van der Waals surface area contributed by atoms with E-state index in [2.05, 4.69) is 15.2 Å². The number of amides is 1. The molecule has 0 atom stereocenters. The number of halogens is 4. The molecule has 0 aliphatic heterocycles. The topological polar surface area (TPSA) is 73.6 Å². The van der Waals surface area contributed by atoms with E-state index in [1.807, 2.05) is 0 Å². The number of hydrogen-bond acceptors (Lipinski definition) is 5. The first kappa shape index (κ1) is 20.5. The molecular weight excluding hydrogens is 413 g/mol. The highest BCUT2D eigenvalue weighted by Crippen LogP contribution is 2.28. The molecule has 29 heavy (non-hydrogen) atoms. The van der Waals surface area contributed by atoms with Crippen molar-refractivity contribution in [3.63, 3.8) is 0 Å². The Morgan fingerprint density at radius 2 is 1.97 bits per heavy atom. The Morgan fingerprint density at radius 1 is 1.24 bits per heavy atom. The van der Waals surface area contributed by atoms with Crippen molar-refractivity contribution in [2.45, 2.75) is 20.1 Å². The minimum absolute atomic E-state index is 0.0382. The first-order valence-electron chi connectivity index (χ1n) is 8.22. The van der Waals surface area contributed by atoms with E-state index in [0.29, 0.717) is 22.1 Å². The number of benzene rings is 2. The van der Waals surface area contributed by atoms with Crippen molar-refractivity contribution in [1.82, 2.24) is 5.16 Å². The molecule has 1 aromatic heterocycles. The number of aryl methyl sites for hydroxylation is 1. The highest BCUT2D eigenvalue weighted by atomic mass is 35.5. The largest absolute Gasteiger partial charge is 0.489 e. The second-order valence-electron chi connectivity index (χ2n) is 5.78. The third-order valence-corrected chi connectivity index (χ3v) is 4.06. The van der Waals surface area contributed by atoms with Crippen LogP contribution in [-0.4, -0.2) is 17.7 Å². The van der Waals surface area contributed by atoms with Crippen LogP contribution in [0.4, 0.5) is 18.9 Å². The summed E-state index contributed by atoms with van der Waals surface area (Å²) in [7, 11) is 0. The van der Waals surface area contributed by atoms with Crippen LogP contribution in [0.15, 0.2) is 47.0 Å². The van der Waals surface area contributed by atoms with Gasteiger partial charge in [0.2, 0.25) is 0 Å². The number of alkyl halides is 2. The number of carbonyl (C=O) groups is 1. The lowest BCUT2D eigenvalue weighted by Crippen LogP contribution is -2.17. The van der Waals surface area contributed by atoms with Crippen LogP contribution < -0.4 is 14.8 Å². The maximum absolute atomic E-state index is 13.3. The number of ether oxygens (including phenoxy) is 2. The Hall–Kier alpha value is -3.20. The first-order chi connectivity index (χ1) is 13.8. The summed E-state index contributed by atoms with van der Waals surface area (Å²) in [6, 6.07) is 9.41. The molecule has 6 nitrogen and oxygen atoms in total. The third kappa shape index (κ3) is 5.20. The summed E-state index contributed by atoms with van der Waals surface area (Å²) in [5.41, 5.74) is 0.0987. The number of nitrogens with one attached hydrogen (secondary N) is 1. The molecule has 0 bridgehead atoms. The Balaban J connectivity index is 1.78. The molecule has 0 saturated carbocycles. The van der Waals surface area contributed by atoms with Gasteiger partial charge in [0.1, 0.15) is 23.9 Å². The van der Waals surface area contributed by atoms with Crippen LogP contribution in [0.1, 0.15) is 21.8 Å². The third-order valence-electron chi connectivity index (χ3n) is 3.80. The summed E-state index contributed by atoms with van der Waals surface area (Å²) in [5.74, 6) is -1.23. The van der Waals surface area contributed by atoms with Crippen LogP contribution >= 0.6 is 11.6 Å². The lowest BCUT2D eigenvalue weighted by Gasteiger charge is -2.12. The smallest absolute Gasteiger partial charge is 0.387 e. The van der Waals surface area contributed by atoms with E-state index in [1.165, 1.54) is 0 Å². The lowest BCUT2D eigenvalue weighted by molar-refractivity contribution is -0.0495. The second kappa shape index (κ2) is 8.87. The van der Waals surface area contributed by atoms with Crippen LogP contribution in [-0.2, 0) is 6.61 Å². The Bertz CT molecular complexity index is 1010. The molecular formula is C19H14ClF3N2O4. The number of aromatic nitrogens is 1. The molecule has 0 saturated heterocycles. The molecule has 0 radical (unpaired) electrons. The van der Waals surface area contributed by atoms with Crippen molar-refractivity contribution < 1.29 is 32.0 Å². The van der Waals surface area contributed by atoms with Gasteiger partial charge in [-0.2, -0.15) is 8.78 Å². The first-order valence-corrected chi connectivity index (χ1v) is 8.60. The number of anilines is 1. The Morgan fingerprint density at radius 3 is 2.66 bits per heavy atom. The monoisotopic (exact) mass is 426 g/mol. The van der Waals surface area contributed by atoms with Gasteiger partial charge < -0.3 is 19.3 Å². The molecule has 0 aliphatic rings. The van der Waals surface area contributed by atoms with Crippen molar-refractivity contribution in [3.8, 4) is 11.5 Å². The summed E-state index contributed by atoms with van der Waals surface area (Å²) >= 11 is 5.82. The number of hydrogen-bond donors (Lipinski definition) is 1. The van der Waals surface area contributed by atoms with Crippen molar-refractivity contribution >= 4 is 23.2 Å². The quantitative estimate of drug-likeness (QED) is 0.561. The molecule has 2 aromatic carbocycles. The number of rotatable bonds is 7. The molecule has 3 aromatic rings. The van der Waals surface area contributed by atoms with Crippen molar-refractivity contribution in [3.05, 3.63) is 70.3 Å². The van der Waals surface area contributed by atoms with Gasteiger partial charge in [-0.1, -0.05) is 16.8 Å². The van der Waals surface area contributed by atoms with Crippen molar-refractivity contribution in [1.29, 1.82) is 0 Å². The van der Waals surface area contributed by atoms with Crippen molar-refractivity contribution in [2.24, 2.45) is 0 Å². The highest BCUT2D eigenvalue weighted by Gasteiger charge is 2.22. The molecule has 0 spiro atoms. The van der Waals surface area contributed by atoms with Crippen LogP contribution in [0.3, 0.4) is 0 Å². The van der Waals surface area contributed by atoms with E-state index in [1.54, 1.807) is 31.2 Å². The molecule has 0 fully saturated rings. The molecule has 3 rings (SSSR count). The summed E-state index contributed by atoms with van der Waals surface area (Å²) in [4.78, 5) is 12.6. The maximum atomic E-state index is 13.3. The van der Waals surface area contributed by atoms with Crippen LogP contribution in [0.5, 0.6) is 11.5 Å². The molecule has 1 N–H and O–H groups in total. The van der Waals surface area contributed by atoms with Gasteiger partial charge in [0.25, 0.3) is 5.91 Å². The van der Waals surface area contributed by atoms with Crippen LogP contribution in [0.25, 0.3) is 0 Å². The fourth-order valence-electron chi connectivity index (χ4n) is 2.40. The minimum atomic E-state index is -3.19. The SMILES string of the molecule is Cc1onc(C(=O)Nc2ccc(F)cc2OC(F)F)c1COc1ccc(Cl)cc1. The fraction of sp³-hybridized carbons (Fsp3) is 0.158. The fourth-order valence-corrected chi connectivity index (χ4v) is 2.53. The van der Waals surface area contributed by atoms with Crippen LogP contribution in [0, 0.1) is 12.7 Å². The summed E-state index contributed by atoms with van der Waals surface area (Å²) in [6.07, 6.45) is 0. The highest BCUT2D eigenvalue weighted by molar-refractivity contribution is 6.30. The van der Waals surface area contributed by atoms with Gasteiger partial charge in [-0.05, 0) is 43.3 Å². The van der Waals surface area contributed by atoms with E-state index in [4.69, 9.17) is 20.9 Å². The average Bonchev–Trinajstić information content (AvgIpc) is 3.03. The molecule has 10 heteroatoms. The molecule has 1 amide bonds. The van der Waals surface area contributed by atoms with E-state index < -0.39 is 24.1 Å². The maximum Gasteiger partial charge on any atom is 0.387 e. The summed E-state index contributed by atoms with van der Waals surface area (Å²) in [5, 5.41) is 6.60. The van der Waals surface area contributed by atoms with Gasteiger partial charge in [-0.15, -0.1) is 0 Å². The van der Waals surface area contributed by atoms with E-state index in [9.17, 15) is 18.0 Å². The van der Waals surface area contributed by atoms with Crippen molar-refractivity contribution in [2.75, 3.05) is 5.32 Å². The van der Waals surface area contributed by atoms with Gasteiger partial charge in [-0.3, -0.25) is 4.79 Å². The second-order valence-corrected chi connectivity index (χ2v) is 6.22. The predicted molar refractivity (Wildman–Crippen MR) is 98.0 cm³/mol. The Labute approximate surface area is 168 Å². The van der Waals surface area contributed by atoms with Gasteiger partial charge in [-0.25, -0.2) is 4.39 Å². The molecule has 0 aliphatic carbocycles. The molecule has 152 valence electrons. The standard InChI is InChI=1S/C19H14ClF3N2O4/c1-10-14(9-27-13-5-2-11(20)3-6-13)17(25-29-10)18(26)24-15-7-4-12(21)8-16(15)28-19(22)23/h2-8,19H,9H2,1H3,(H,24,26). The van der Waals surface area contributed by atoms with Gasteiger partial charge in [0.05, 0.1) is 11.3 Å². The zero-order valence-corrected chi connectivity index (χ0v) is 15.7.